The van der Waals surface area contributed by atoms with E-state index in [1.165, 1.54) is 5.56 Å². The van der Waals surface area contributed by atoms with Crippen molar-refractivity contribution in [3.63, 3.8) is 0 Å². The van der Waals surface area contributed by atoms with Crippen molar-refractivity contribution in [3.05, 3.63) is 41.5 Å². The van der Waals surface area contributed by atoms with Gasteiger partial charge in [0.25, 0.3) is 0 Å². The first-order chi connectivity index (χ1) is 8.50. The first-order valence-corrected chi connectivity index (χ1v) is 6.52. The third-order valence-corrected chi connectivity index (χ3v) is 4.26. The van der Waals surface area contributed by atoms with Gasteiger partial charge in [-0.25, -0.2) is 0 Å². The standard InChI is InChI=1S/C16H20O2/c1-4-11(2)14-13-8-6-5-7-12(13)9-10-16(14,3)15(17)18/h5-11,14H,4H2,1-3H3,(H,17,18)/t11-,14+,16+/m1/s1. The van der Waals surface area contributed by atoms with E-state index in [1.54, 1.807) is 0 Å². The van der Waals surface area contributed by atoms with Gasteiger partial charge in [0.05, 0.1) is 5.41 Å². The Morgan fingerprint density at radius 1 is 1.44 bits per heavy atom. The number of hydrogen-bond donors (Lipinski definition) is 1. The van der Waals surface area contributed by atoms with Gasteiger partial charge in [0, 0.05) is 5.92 Å². The molecule has 1 aliphatic carbocycles. The Hall–Kier alpha value is -1.57. The van der Waals surface area contributed by atoms with Crippen LogP contribution < -0.4 is 0 Å². The molecule has 0 saturated carbocycles. The third-order valence-electron chi connectivity index (χ3n) is 4.26. The predicted molar refractivity (Wildman–Crippen MR) is 73.4 cm³/mol. The van der Waals surface area contributed by atoms with Crippen molar-refractivity contribution in [2.24, 2.45) is 11.3 Å². The van der Waals surface area contributed by atoms with Gasteiger partial charge in [0.15, 0.2) is 0 Å². The number of carbonyl (C=O) groups is 1. The van der Waals surface area contributed by atoms with E-state index in [4.69, 9.17) is 0 Å². The second-order valence-electron chi connectivity index (χ2n) is 5.41. The summed E-state index contributed by atoms with van der Waals surface area (Å²) < 4.78 is 0. The summed E-state index contributed by atoms with van der Waals surface area (Å²) in [5.41, 5.74) is 1.52. The molecular formula is C16H20O2. The van der Waals surface area contributed by atoms with E-state index in [1.807, 2.05) is 31.2 Å². The summed E-state index contributed by atoms with van der Waals surface area (Å²) in [6, 6.07) is 8.12. The fraction of sp³-hybridized carbons (Fsp3) is 0.438. The number of benzene rings is 1. The molecule has 0 aliphatic heterocycles. The summed E-state index contributed by atoms with van der Waals surface area (Å²) in [6.45, 7) is 6.09. The van der Waals surface area contributed by atoms with Gasteiger partial charge in [-0.1, -0.05) is 56.7 Å². The molecule has 1 aliphatic rings. The first-order valence-electron chi connectivity index (χ1n) is 6.52. The van der Waals surface area contributed by atoms with E-state index < -0.39 is 11.4 Å². The minimum Gasteiger partial charge on any atom is -0.481 e. The average molecular weight is 244 g/mol. The van der Waals surface area contributed by atoms with Gasteiger partial charge in [0.2, 0.25) is 0 Å². The van der Waals surface area contributed by atoms with E-state index in [-0.39, 0.29) is 5.92 Å². The monoisotopic (exact) mass is 244 g/mol. The van der Waals surface area contributed by atoms with E-state index in [2.05, 4.69) is 26.0 Å². The topological polar surface area (TPSA) is 37.3 Å². The molecule has 0 spiro atoms. The van der Waals surface area contributed by atoms with Crippen LogP contribution in [-0.2, 0) is 4.79 Å². The van der Waals surface area contributed by atoms with Crippen LogP contribution in [0.1, 0.15) is 44.2 Å². The SMILES string of the molecule is CC[C@@H](C)[C@H]1c2ccccc2C=C[C@]1(C)C(=O)O. The maximum absolute atomic E-state index is 11.7. The highest BCUT2D eigenvalue weighted by Crippen LogP contribution is 2.48. The fourth-order valence-electron chi connectivity index (χ4n) is 2.97. The van der Waals surface area contributed by atoms with Gasteiger partial charge in [-0.3, -0.25) is 4.79 Å². The van der Waals surface area contributed by atoms with Gasteiger partial charge >= 0.3 is 5.97 Å². The molecule has 0 radical (unpaired) electrons. The maximum Gasteiger partial charge on any atom is 0.313 e. The zero-order chi connectivity index (χ0) is 13.3. The molecule has 2 heteroatoms. The lowest BCUT2D eigenvalue weighted by Gasteiger charge is -2.39. The molecule has 0 fully saturated rings. The zero-order valence-electron chi connectivity index (χ0n) is 11.2. The first kappa shape index (κ1) is 12.9. The van der Waals surface area contributed by atoms with Crippen molar-refractivity contribution in [1.29, 1.82) is 0 Å². The summed E-state index contributed by atoms with van der Waals surface area (Å²) in [5.74, 6) is -0.350. The summed E-state index contributed by atoms with van der Waals surface area (Å²) in [4.78, 5) is 11.7. The van der Waals surface area contributed by atoms with E-state index in [0.717, 1.165) is 12.0 Å². The summed E-state index contributed by atoms with van der Waals surface area (Å²) >= 11 is 0. The second-order valence-corrected chi connectivity index (χ2v) is 5.41. The van der Waals surface area contributed by atoms with Gasteiger partial charge in [-0.15, -0.1) is 0 Å². The molecule has 3 atom stereocenters. The van der Waals surface area contributed by atoms with E-state index in [9.17, 15) is 9.90 Å². The summed E-state index contributed by atoms with van der Waals surface area (Å²) in [7, 11) is 0. The highest BCUT2D eigenvalue weighted by atomic mass is 16.4. The molecule has 18 heavy (non-hydrogen) atoms. The van der Waals surface area contributed by atoms with Crippen LogP contribution >= 0.6 is 0 Å². The van der Waals surface area contributed by atoms with E-state index >= 15 is 0 Å². The lowest BCUT2D eigenvalue weighted by atomic mass is 9.63. The van der Waals surface area contributed by atoms with Crippen LogP contribution in [0, 0.1) is 11.3 Å². The van der Waals surface area contributed by atoms with Gasteiger partial charge in [-0.05, 0) is 24.0 Å². The van der Waals surface area contributed by atoms with Crippen molar-refractivity contribution in [3.8, 4) is 0 Å². The van der Waals surface area contributed by atoms with Crippen molar-refractivity contribution < 1.29 is 9.90 Å². The van der Waals surface area contributed by atoms with E-state index in [0.29, 0.717) is 5.92 Å². The normalized spacial score (nSPS) is 27.6. The smallest absolute Gasteiger partial charge is 0.313 e. The average Bonchev–Trinajstić information content (AvgIpc) is 2.37. The molecule has 0 unspecified atom stereocenters. The van der Waals surface area contributed by atoms with Crippen LogP contribution in [0.25, 0.3) is 6.08 Å². The Balaban J connectivity index is 2.59. The molecule has 2 rings (SSSR count). The maximum atomic E-state index is 11.7. The Morgan fingerprint density at radius 2 is 2.11 bits per heavy atom. The molecule has 96 valence electrons. The lowest BCUT2D eigenvalue weighted by molar-refractivity contribution is -0.147. The van der Waals surface area contributed by atoms with Gasteiger partial charge in [-0.2, -0.15) is 0 Å². The van der Waals surface area contributed by atoms with Crippen molar-refractivity contribution in [1.82, 2.24) is 0 Å². The molecule has 0 saturated heterocycles. The van der Waals surface area contributed by atoms with Gasteiger partial charge < -0.3 is 5.11 Å². The fourth-order valence-corrected chi connectivity index (χ4v) is 2.97. The van der Waals surface area contributed by atoms with Crippen LogP contribution in [0.3, 0.4) is 0 Å². The Labute approximate surface area is 108 Å². The number of hydrogen-bond acceptors (Lipinski definition) is 1. The third kappa shape index (κ3) is 1.86. The minimum atomic E-state index is -0.802. The van der Waals surface area contributed by atoms with Crippen LogP contribution in [0.2, 0.25) is 0 Å². The van der Waals surface area contributed by atoms with Crippen LogP contribution in [0.5, 0.6) is 0 Å². The number of fused-ring (bicyclic) bond motifs is 1. The summed E-state index contributed by atoms with van der Waals surface area (Å²) in [6.07, 6.45) is 4.78. The number of aliphatic carboxylic acids is 1. The predicted octanol–water partition coefficient (Wildman–Crippen LogP) is 3.93. The van der Waals surface area contributed by atoms with Crippen LogP contribution in [0.4, 0.5) is 0 Å². The second kappa shape index (κ2) is 4.60. The number of carboxylic acids is 1. The van der Waals surface area contributed by atoms with Gasteiger partial charge in [0.1, 0.15) is 0 Å². The minimum absolute atomic E-state index is 0.0428. The Morgan fingerprint density at radius 3 is 2.72 bits per heavy atom. The molecule has 1 aromatic carbocycles. The summed E-state index contributed by atoms with van der Waals surface area (Å²) in [5, 5.41) is 9.59. The largest absolute Gasteiger partial charge is 0.481 e. The molecule has 0 bridgehead atoms. The van der Waals surface area contributed by atoms with Crippen LogP contribution in [-0.4, -0.2) is 11.1 Å². The lowest BCUT2D eigenvalue weighted by Crippen LogP contribution is -2.37. The molecule has 1 aromatic rings. The van der Waals surface area contributed by atoms with Crippen LogP contribution in [0.15, 0.2) is 30.3 Å². The Kier molecular flexibility index (Phi) is 3.29. The highest BCUT2D eigenvalue weighted by molar-refractivity contribution is 5.82. The number of carboxylic acid groups (broad SMARTS) is 1. The Bertz CT molecular complexity index is 490. The zero-order valence-corrected chi connectivity index (χ0v) is 11.2. The molecule has 2 nitrogen and oxygen atoms in total. The quantitative estimate of drug-likeness (QED) is 0.874. The molecule has 0 amide bonds. The van der Waals surface area contributed by atoms with Crippen molar-refractivity contribution >= 4 is 12.0 Å². The molecule has 0 heterocycles. The molecule has 1 N–H and O–H groups in total. The molecule has 0 aromatic heterocycles. The molecular weight excluding hydrogens is 224 g/mol. The van der Waals surface area contributed by atoms with Crippen molar-refractivity contribution in [2.75, 3.05) is 0 Å². The highest BCUT2D eigenvalue weighted by Gasteiger charge is 2.44. The van der Waals surface area contributed by atoms with Crippen molar-refractivity contribution in [2.45, 2.75) is 33.1 Å². The number of rotatable bonds is 3.